The fourth-order valence-electron chi connectivity index (χ4n) is 4.35. The molecule has 1 aromatic carbocycles. The SMILES string of the molecule is CCCCCC(CC)OCCc1ccc(C(=O)O)c(C(=O)O)c1CCOC(CC)CCCCC. The molecule has 0 bridgehead atoms. The van der Waals surface area contributed by atoms with Gasteiger partial charge in [-0.1, -0.05) is 72.3 Å². The number of aromatic carboxylic acids is 2. The predicted octanol–water partition coefficient (Wildman–Crippen LogP) is 6.92. The molecular formula is C28H46O6. The molecule has 194 valence electrons. The van der Waals surface area contributed by atoms with Gasteiger partial charge in [0.25, 0.3) is 0 Å². The number of benzene rings is 1. The largest absolute Gasteiger partial charge is 0.478 e. The molecule has 6 heteroatoms. The average Bonchev–Trinajstić information content (AvgIpc) is 2.82. The Morgan fingerprint density at radius 3 is 1.74 bits per heavy atom. The Kier molecular flexibility index (Phi) is 15.5. The Bertz CT molecular complexity index is 730. The van der Waals surface area contributed by atoms with Gasteiger partial charge in [0.1, 0.15) is 0 Å². The number of carboxylic acids is 2. The first-order chi connectivity index (χ1) is 16.4. The van der Waals surface area contributed by atoms with Crippen LogP contribution in [0, 0.1) is 0 Å². The summed E-state index contributed by atoms with van der Waals surface area (Å²) in [6.07, 6.45) is 12.1. The Morgan fingerprint density at radius 1 is 0.765 bits per heavy atom. The van der Waals surface area contributed by atoms with E-state index in [4.69, 9.17) is 9.47 Å². The molecule has 2 N–H and O–H groups in total. The molecule has 0 aromatic heterocycles. The molecule has 2 atom stereocenters. The van der Waals surface area contributed by atoms with Gasteiger partial charge in [-0.25, -0.2) is 9.59 Å². The highest BCUT2D eigenvalue weighted by atomic mass is 16.5. The van der Waals surface area contributed by atoms with Crippen LogP contribution in [-0.2, 0) is 22.3 Å². The van der Waals surface area contributed by atoms with Gasteiger partial charge in [0.05, 0.1) is 36.5 Å². The van der Waals surface area contributed by atoms with E-state index in [1.54, 1.807) is 6.07 Å². The van der Waals surface area contributed by atoms with E-state index < -0.39 is 11.9 Å². The summed E-state index contributed by atoms with van der Waals surface area (Å²) in [5.74, 6) is -2.44. The topological polar surface area (TPSA) is 93.1 Å². The lowest BCUT2D eigenvalue weighted by Gasteiger charge is -2.20. The maximum atomic E-state index is 12.1. The summed E-state index contributed by atoms with van der Waals surface area (Å²) in [4.78, 5) is 23.8. The van der Waals surface area contributed by atoms with Crippen LogP contribution in [0.25, 0.3) is 0 Å². The summed E-state index contributed by atoms with van der Waals surface area (Å²) < 4.78 is 12.2. The lowest BCUT2D eigenvalue weighted by atomic mass is 9.92. The van der Waals surface area contributed by atoms with Crippen molar-refractivity contribution in [1.29, 1.82) is 0 Å². The molecule has 0 spiro atoms. The zero-order valence-electron chi connectivity index (χ0n) is 21.7. The molecular weight excluding hydrogens is 432 g/mol. The summed E-state index contributed by atoms with van der Waals surface area (Å²) in [7, 11) is 0. The molecule has 0 saturated heterocycles. The molecule has 0 aliphatic rings. The van der Waals surface area contributed by atoms with Gasteiger partial charge < -0.3 is 19.7 Å². The van der Waals surface area contributed by atoms with Gasteiger partial charge >= 0.3 is 11.9 Å². The van der Waals surface area contributed by atoms with Crippen LogP contribution in [0.2, 0.25) is 0 Å². The van der Waals surface area contributed by atoms with E-state index in [2.05, 4.69) is 27.7 Å². The summed E-state index contributed by atoms with van der Waals surface area (Å²) in [6, 6.07) is 3.15. The molecule has 0 saturated carbocycles. The van der Waals surface area contributed by atoms with E-state index in [1.807, 2.05) is 0 Å². The highest BCUT2D eigenvalue weighted by Gasteiger charge is 2.23. The molecule has 0 fully saturated rings. The number of hydrogen-bond donors (Lipinski definition) is 2. The number of ether oxygens (including phenoxy) is 2. The summed E-state index contributed by atoms with van der Waals surface area (Å²) in [5, 5.41) is 19.4. The monoisotopic (exact) mass is 478 g/mol. The molecule has 6 nitrogen and oxygen atoms in total. The summed E-state index contributed by atoms with van der Waals surface area (Å²) in [6.45, 7) is 9.42. The second-order valence-electron chi connectivity index (χ2n) is 9.03. The van der Waals surface area contributed by atoms with Crippen molar-refractivity contribution in [3.05, 3.63) is 34.4 Å². The first-order valence-electron chi connectivity index (χ1n) is 13.2. The minimum Gasteiger partial charge on any atom is -0.478 e. The van der Waals surface area contributed by atoms with Gasteiger partial charge in [-0.2, -0.15) is 0 Å². The van der Waals surface area contributed by atoms with Crippen molar-refractivity contribution in [3.8, 4) is 0 Å². The number of carbonyl (C=O) groups is 2. The zero-order valence-corrected chi connectivity index (χ0v) is 21.7. The first kappa shape index (κ1) is 30.1. The van der Waals surface area contributed by atoms with Gasteiger partial charge in [0.2, 0.25) is 0 Å². The second kappa shape index (κ2) is 17.5. The van der Waals surface area contributed by atoms with Crippen LogP contribution in [0.15, 0.2) is 12.1 Å². The minimum atomic E-state index is -1.23. The lowest BCUT2D eigenvalue weighted by Crippen LogP contribution is -2.19. The standard InChI is InChI=1S/C28H46O6/c1-5-9-11-13-22(7-3)33-19-17-21-15-16-25(27(29)30)26(28(31)32)24(21)18-20-34-23(8-4)14-12-10-6-2/h15-16,22-23H,5-14,17-20H2,1-4H3,(H,29,30)(H,31,32). The van der Waals surface area contributed by atoms with E-state index in [-0.39, 0.29) is 23.3 Å². The Morgan fingerprint density at radius 2 is 1.29 bits per heavy atom. The fraction of sp³-hybridized carbons (Fsp3) is 0.714. The highest BCUT2D eigenvalue weighted by Crippen LogP contribution is 2.23. The Hall–Kier alpha value is -1.92. The van der Waals surface area contributed by atoms with E-state index in [1.165, 1.54) is 25.3 Å². The summed E-state index contributed by atoms with van der Waals surface area (Å²) >= 11 is 0. The maximum Gasteiger partial charge on any atom is 0.336 e. The highest BCUT2D eigenvalue weighted by molar-refractivity contribution is 6.03. The third kappa shape index (κ3) is 10.6. The Labute approximate surface area is 206 Å². The van der Waals surface area contributed by atoms with Crippen LogP contribution in [0.1, 0.15) is 124 Å². The number of unbranched alkanes of at least 4 members (excludes halogenated alkanes) is 4. The van der Waals surface area contributed by atoms with Crippen molar-refractivity contribution < 1.29 is 29.3 Å². The van der Waals surface area contributed by atoms with Gasteiger partial charge in [0, 0.05) is 0 Å². The van der Waals surface area contributed by atoms with Crippen molar-refractivity contribution in [1.82, 2.24) is 0 Å². The van der Waals surface area contributed by atoms with Crippen LogP contribution >= 0.6 is 0 Å². The van der Waals surface area contributed by atoms with Crippen molar-refractivity contribution >= 4 is 11.9 Å². The van der Waals surface area contributed by atoms with E-state index in [0.717, 1.165) is 50.5 Å². The molecule has 0 aliphatic heterocycles. The molecule has 0 aliphatic carbocycles. The van der Waals surface area contributed by atoms with Crippen molar-refractivity contribution in [2.75, 3.05) is 13.2 Å². The molecule has 0 heterocycles. The number of carboxylic acid groups (broad SMARTS) is 2. The molecule has 1 aromatic rings. The minimum absolute atomic E-state index is 0.123. The smallest absolute Gasteiger partial charge is 0.336 e. The van der Waals surface area contributed by atoms with Crippen LogP contribution < -0.4 is 0 Å². The molecule has 0 amide bonds. The quantitative estimate of drug-likeness (QED) is 0.198. The van der Waals surface area contributed by atoms with Crippen LogP contribution in [0.3, 0.4) is 0 Å². The molecule has 2 unspecified atom stereocenters. The van der Waals surface area contributed by atoms with E-state index in [0.29, 0.717) is 31.6 Å². The zero-order chi connectivity index (χ0) is 25.3. The van der Waals surface area contributed by atoms with Crippen LogP contribution in [0.5, 0.6) is 0 Å². The third-order valence-corrected chi connectivity index (χ3v) is 6.45. The summed E-state index contributed by atoms with van der Waals surface area (Å²) in [5.41, 5.74) is 1.09. The Balaban J connectivity index is 2.96. The van der Waals surface area contributed by atoms with Crippen LogP contribution in [-0.4, -0.2) is 47.6 Å². The molecule has 1 rings (SSSR count). The van der Waals surface area contributed by atoms with E-state index in [9.17, 15) is 19.8 Å². The van der Waals surface area contributed by atoms with Gasteiger partial charge in [0.15, 0.2) is 0 Å². The van der Waals surface area contributed by atoms with Gasteiger partial charge in [-0.3, -0.25) is 0 Å². The van der Waals surface area contributed by atoms with Gasteiger partial charge in [-0.15, -0.1) is 0 Å². The number of rotatable bonds is 20. The predicted molar refractivity (Wildman–Crippen MR) is 136 cm³/mol. The van der Waals surface area contributed by atoms with Crippen LogP contribution in [0.4, 0.5) is 0 Å². The molecule has 34 heavy (non-hydrogen) atoms. The fourth-order valence-corrected chi connectivity index (χ4v) is 4.35. The number of hydrogen-bond acceptors (Lipinski definition) is 4. The molecule has 0 radical (unpaired) electrons. The second-order valence-corrected chi connectivity index (χ2v) is 9.03. The van der Waals surface area contributed by atoms with Gasteiger partial charge in [-0.05, 0) is 55.7 Å². The average molecular weight is 479 g/mol. The third-order valence-electron chi connectivity index (χ3n) is 6.45. The maximum absolute atomic E-state index is 12.1. The van der Waals surface area contributed by atoms with E-state index >= 15 is 0 Å². The van der Waals surface area contributed by atoms with Crippen molar-refractivity contribution in [2.24, 2.45) is 0 Å². The van der Waals surface area contributed by atoms with Crippen molar-refractivity contribution in [3.63, 3.8) is 0 Å². The lowest BCUT2D eigenvalue weighted by molar-refractivity contribution is 0.0427. The first-order valence-corrected chi connectivity index (χ1v) is 13.2. The van der Waals surface area contributed by atoms with Crippen molar-refractivity contribution in [2.45, 2.75) is 117 Å². The normalized spacial score (nSPS) is 13.1.